The molecule has 0 unspecified atom stereocenters. The van der Waals surface area contributed by atoms with Crippen LogP contribution in [-0.2, 0) is 22.7 Å². The van der Waals surface area contributed by atoms with Crippen LogP contribution in [0.25, 0.3) is 0 Å². The van der Waals surface area contributed by atoms with Crippen molar-refractivity contribution in [3.05, 3.63) is 89.6 Å². The second-order valence-electron chi connectivity index (χ2n) is 7.02. The number of hydrogen-bond acceptors (Lipinski definition) is 6. The van der Waals surface area contributed by atoms with E-state index in [0.29, 0.717) is 18.7 Å². The molecule has 0 aliphatic carbocycles. The number of amides is 1. The smallest absolute Gasteiger partial charge is 0.410 e. The quantitative estimate of drug-likeness (QED) is 0.561. The molecule has 1 aliphatic heterocycles. The van der Waals surface area contributed by atoms with Gasteiger partial charge in [0.15, 0.2) is 17.8 Å². The SMILES string of the molecule is O=C(OCc1ccccc1)c1ncoc1[C@@H]1CCCN1C(=O)OCc1ccccc1. The van der Waals surface area contributed by atoms with Crippen molar-refractivity contribution in [1.29, 1.82) is 0 Å². The summed E-state index contributed by atoms with van der Waals surface area (Å²) in [6.07, 6.45) is 2.21. The first-order chi connectivity index (χ1) is 14.7. The van der Waals surface area contributed by atoms with E-state index in [1.54, 1.807) is 4.90 Å². The van der Waals surface area contributed by atoms with Gasteiger partial charge in [0, 0.05) is 6.54 Å². The first-order valence-electron chi connectivity index (χ1n) is 9.84. The highest BCUT2D eigenvalue weighted by Crippen LogP contribution is 2.34. The second-order valence-corrected chi connectivity index (χ2v) is 7.02. The highest BCUT2D eigenvalue weighted by atomic mass is 16.6. The average Bonchev–Trinajstić information content (AvgIpc) is 3.46. The fraction of sp³-hybridized carbons (Fsp3) is 0.261. The molecule has 7 heteroatoms. The molecule has 2 heterocycles. The van der Waals surface area contributed by atoms with E-state index in [0.717, 1.165) is 17.5 Å². The van der Waals surface area contributed by atoms with Gasteiger partial charge in [0.1, 0.15) is 13.2 Å². The largest absolute Gasteiger partial charge is 0.456 e. The van der Waals surface area contributed by atoms with Crippen LogP contribution >= 0.6 is 0 Å². The Morgan fingerprint density at radius 2 is 1.60 bits per heavy atom. The number of rotatable bonds is 6. The fourth-order valence-corrected chi connectivity index (χ4v) is 3.50. The van der Waals surface area contributed by atoms with Crippen LogP contribution in [0.2, 0.25) is 0 Å². The maximum Gasteiger partial charge on any atom is 0.410 e. The molecule has 1 aromatic heterocycles. The summed E-state index contributed by atoms with van der Waals surface area (Å²) in [4.78, 5) is 30.8. The summed E-state index contributed by atoms with van der Waals surface area (Å²) < 4.78 is 16.3. The molecule has 0 radical (unpaired) electrons. The summed E-state index contributed by atoms with van der Waals surface area (Å²) >= 11 is 0. The van der Waals surface area contributed by atoms with Crippen LogP contribution in [0.4, 0.5) is 4.79 Å². The first kappa shape index (κ1) is 19.7. The number of oxazole rings is 1. The van der Waals surface area contributed by atoms with Crippen molar-refractivity contribution in [2.24, 2.45) is 0 Å². The molecule has 0 bridgehead atoms. The van der Waals surface area contributed by atoms with Crippen LogP contribution in [0.3, 0.4) is 0 Å². The number of hydrogen-bond donors (Lipinski definition) is 0. The van der Waals surface area contributed by atoms with E-state index in [4.69, 9.17) is 13.9 Å². The number of benzene rings is 2. The molecule has 0 saturated carbocycles. The Kier molecular flexibility index (Phi) is 6.08. The zero-order chi connectivity index (χ0) is 20.8. The predicted molar refractivity (Wildman–Crippen MR) is 107 cm³/mol. The van der Waals surface area contributed by atoms with Gasteiger partial charge in [-0.15, -0.1) is 0 Å². The van der Waals surface area contributed by atoms with Crippen LogP contribution in [0.15, 0.2) is 71.5 Å². The van der Waals surface area contributed by atoms with Crippen LogP contribution in [-0.4, -0.2) is 28.5 Å². The Labute approximate surface area is 174 Å². The molecule has 1 fully saturated rings. The van der Waals surface area contributed by atoms with Crippen molar-refractivity contribution >= 4 is 12.1 Å². The molecule has 4 rings (SSSR count). The Bertz CT molecular complexity index is 987. The third-order valence-electron chi connectivity index (χ3n) is 5.00. The topological polar surface area (TPSA) is 81.9 Å². The molecular weight excluding hydrogens is 384 g/mol. The van der Waals surface area contributed by atoms with Gasteiger partial charge in [-0.25, -0.2) is 14.6 Å². The van der Waals surface area contributed by atoms with Crippen LogP contribution in [0.1, 0.15) is 46.3 Å². The summed E-state index contributed by atoms with van der Waals surface area (Å²) in [6.45, 7) is 0.849. The summed E-state index contributed by atoms with van der Waals surface area (Å²) in [5.74, 6) is -0.241. The molecule has 0 N–H and O–H groups in total. The minimum Gasteiger partial charge on any atom is -0.456 e. The van der Waals surface area contributed by atoms with Gasteiger partial charge in [0.2, 0.25) is 0 Å². The third kappa shape index (κ3) is 4.51. The number of likely N-dealkylation sites (tertiary alicyclic amines) is 1. The van der Waals surface area contributed by atoms with Crippen molar-refractivity contribution in [1.82, 2.24) is 9.88 Å². The van der Waals surface area contributed by atoms with Gasteiger partial charge in [-0.1, -0.05) is 60.7 Å². The lowest BCUT2D eigenvalue weighted by molar-refractivity contribution is 0.0457. The molecule has 30 heavy (non-hydrogen) atoms. The van der Waals surface area contributed by atoms with E-state index in [1.807, 2.05) is 60.7 Å². The molecule has 3 aromatic rings. The monoisotopic (exact) mass is 406 g/mol. The van der Waals surface area contributed by atoms with E-state index in [9.17, 15) is 9.59 Å². The normalized spacial score (nSPS) is 15.7. The van der Waals surface area contributed by atoms with Gasteiger partial charge < -0.3 is 13.9 Å². The van der Waals surface area contributed by atoms with Gasteiger partial charge in [0.05, 0.1) is 6.04 Å². The predicted octanol–water partition coefficient (Wildman–Crippen LogP) is 4.51. The molecule has 0 spiro atoms. The van der Waals surface area contributed by atoms with E-state index in [2.05, 4.69) is 4.98 Å². The van der Waals surface area contributed by atoms with E-state index in [-0.39, 0.29) is 18.9 Å². The molecular formula is C23H22N2O5. The Hall–Kier alpha value is -3.61. The van der Waals surface area contributed by atoms with Crippen molar-refractivity contribution in [2.75, 3.05) is 6.54 Å². The number of ether oxygens (including phenoxy) is 2. The minimum absolute atomic E-state index is 0.0960. The van der Waals surface area contributed by atoms with Crippen LogP contribution in [0, 0.1) is 0 Å². The Morgan fingerprint density at radius 1 is 0.967 bits per heavy atom. The van der Waals surface area contributed by atoms with Gasteiger partial charge in [-0.05, 0) is 24.0 Å². The number of aromatic nitrogens is 1. The Balaban J connectivity index is 1.41. The molecule has 7 nitrogen and oxygen atoms in total. The lowest BCUT2D eigenvalue weighted by Crippen LogP contribution is -2.31. The standard InChI is InChI=1S/C23H22N2O5/c26-22(28-14-17-8-3-1-4-9-17)20-21(30-16-24-20)19-12-7-13-25(19)23(27)29-15-18-10-5-2-6-11-18/h1-6,8-11,16,19H,7,12-15H2/t19-/m0/s1. The number of esters is 1. The molecule has 1 atom stereocenters. The number of carbonyl (C=O) groups is 2. The zero-order valence-corrected chi connectivity index (χ0v) is 16.4. The summed E-state index contributed by atoms with van der Waals surface area (Å²) in [6, 6.07) is 18.5. The summed E-state index contributed by atoms with van der Waals surface area (Å²) in [7, 11) is 0. The highest BCUT2D eigenvalue weighted by molar-refractivity contribution is 5.88. The molecule has 2 aromatic carbocycles. The third-order valence-corrected chi connectivity index (χ3v) is 5.00. The van der Waals surface area contributed by atoms with Crippen molar-refractivity contribution in [2.45, 2.75) is 32.1 Å². The zero-order valence-electron chi connectivity index (χ0n) is 16.4. The molecule has 1 aliphatic rings. The molecule has 1 amide bonds. The van der Waals surface area contributed by atoms with Crippen molar-refractivity contribution in [3.63, 3.8) is 0 Å². The summed E-state index contributed by atoms with van der Waals surface area (Å²) in [5.41, 5.74) is 1.88. The van der Waals surface area contributed by atoms with Gasteiger partial charge in [0.25, 0.3) is 0 Å². The minimum atomic E-state index is -0.577. The highest BCUT2D eigenvalue weighted by Gasteiger charge is 2.37. The summed E-state index contributed by atoms with van der Waals surface area (Å²) in [5, 5.41) is 0. The van der Waals surface area contributed by atoms with Crippen molar-refractivity contribution < 1.29 is 23.5 Å². The maximum atomic E-state index is 12.6. The van der Waals surface area contributed by atoms with Crippen LogP contribution < -0.4 is 0 Å². The van der Waals surface area contributed by atoms with Gasteiger partial charge in [-0.2, -0.15) is 0 Å². The maximum absolute atomic E-state index is 12.6. The lowest BCUT2D eigenvalue weighted by atomic mass is 10.1. The van der Waals surface area contributed by atoms with Gasteiger partial charge in [-0.3, -0.25) is 4.90 Å². The van der Waals surface area contributed by atoms with Gasteiger partial charge >= 0.3 is 12.1 Å². The first-order valence-corrected chi connectivity index (χ1v) is 9.84. The van der Waals surface area contributed by atoms with Crippen LogP contribution in [0.5, 0.6) is 0 Å². The van der Waals surface area contributed by atoms with Crippen molar-refractivity contribution in [3.8, 4) is 0 Å². The fourth-order valence-electron chi connectivity index (χ4n) is 3.50. The van der Waals surface area contributed by atoms with E-state index < -0.39 is 18.1 Å². The Morgan fingerprint density at radius 3 is 2.27 bits per heavy atom. The van der Waals surface area contributed by atoms with E-state index in [1.165, 1.54) is 6.39 Å². The van der Waals surface area contributed by atoms with E-state index >= 15 is 0 Å². The molecule has 154 valence electrons. The number of nitrogens with zero attached hydrogens (tertiary/aromatic N) is 2. The second kappa shape index (κ2) is 9.26. The lowest BCUT2D eigenvalue weighted by Gasteiger charge is -2.22. The number of carbonyl (C=O) groups excluding carboxylic acids is 2. The molecule has 1 saturated heterocycles. The average molecular weight is 406 g/mol.